The van der Waals surface area contributed by atoms with Crippen LogP contribution in [0.3, 0.4) is 0 Å². The van der Waals surface area contributed by atoms with E-state index in [9.17, 15) is 4.79 Å². The van der Waals surface area contributed by atoms with Gasteiger partial charge in [0.15, 0.2) is 5.82 Å². The van der Waals surface area contributed by atoms with Gasteiger partial charge in [0.05, 0.1) is 11.9 Å². The zero-order valence-corrected chi connectivity index (χ0v) is 18.2. The molecule has 0 radical (unpaired) electrons. The van der Waals surface area contributed by atoms with Crippen molar-refractivity contribution in [1.82, 2.24) is 29.5 Å². The predicted octanol–water partition coefficient (Wildman–Crippen LogP) is 3.42. The number of hydrogen-bond donors (Lipinski definition) is 1. The molecular weight excluding hydrogens is 418 g/mol. The molecule has 1 N–H and O–H groups in total. The van der Waals surface area contributed by atoms with Gasteiger partial charge >= 0.3 is 0 Å². The molecule has 1 unspecified atom stereocenters. The molecule has 9 heteroatoms. The molecule has 166 valence electrons. The first-order valence-electron chi connectivity index (χ1n) is 11.2. The van der Waals surface area contributed by atoms with Crippen LogP contribution in [0.5, 0.6) is 5.75 Å². The Labute approximate surface area is 190 Å². The minimum Gasteiger partial charge on any atom is -0.485 e. The highest BCUT2D eigenvalue weighted by atomic mass is 16.5. The first-order chi connectivity index (χ1) is 16.1. The Hall–Kier alpha value is -3.88. The number of hydrogen-bond acceptors (Lipinski definition) is 7. The number of carbonyl (C=O) groups excluding carboxylic acids is 1. The lowest BCUT2D eigenvalue weighted by molar-refractivity contribution is -0.117. The zero-order chi connectivity index (χ0) is 22.4. The number of amides is 1. The van der Waals surface area contributed by atoms with Gasteiger partial charge in [-0.05, 0) is 49.8 Å². The van der Waals surface area contributed by atoms with Gasteiger partial charge in [-0.3, -0.25) is 4.79 Å². The second-order valence-electron chi connectivity index (χ2n) is 8.79. The molecule has 2 saturated carbocycles. The molecular formula is C24H23N7O2. The molecule has 4 aromatic rings. The summed E-state index contributed by atoms with van der Waals surface area (Å²) in [4.78, 5) is 26.0. The maximum atomic E-state index is 12.6. The lowest BCUT2D eigenvalue weighted by Crippen LogP contribution is -2.16. The number of rotatable bonds is 7. The number of aryl methyl sites for hydroxylation is 1. The zero-order valence-electron chi connectivity index (χ0n) is 18.2. The van der Waals surface area contributed by atoms with Crippen molar-refractivity contribution >= 4 is 17.4 Å². The van der Waals surface area contributed by atoms with E-state index in [1.54, 1.807) is 12.3 Å². The average Bonchev–Trinajstić information content (AvgIpc) is 3.74. The molecule has 4 heterocycles. The highest BCUT2D eigenvalue weighted by molar-refractivity contribution is 5.94. The van der Waals surface area contributed by atoms with Gasteiger partial charge in [-0.25, -0.2) is 15.0 Å². The van der Waals surface area contributed by atoms with Crippen LogP contribution in [0.4, 0.5) is 5.82 Å². The Bertz CT molecular complexity index is 1350. The van der Waals surface area contributed by atoms with E-state index in [0.717, 1.165) is 29.3 Å². The van der Waals surface area contributed by atoms with Gasteiger partial charge in [-0.15, -0.1) is 5.10 Å². The van der Waals surface area contributed by atoms with Crippen LogP contribution in [0.15, 0.2) is 49.1 Å². The summed E-state index contributed by atoms with van der Waals surface area (Å²) in [5, 5.41) is 10.8. The molecule has 0 saturated heterocycles. The standard InChI is InChI=1S/C24H23N7O2/c1-14-6-7-25-23(27-14)19-9-20(19)24(32)29-21-8-18(10-26-30-21)33-13-17-12-31-11-16(15-2-3-15)4-5-22(31)28-17/h4-8,10-12,15,19-20H,2-3,9,13H2,1H3,(H,29,30,32)/t19?,20-/m0/s1. The monoisotopic (exact) mass is 441 g/mol. The number of nitrogens with zero attached hydrogens (tertiary/aromatic N) is 6. The Morgan fingerprint density at radius 2 is 2.12 bits per heavy atom. The molecule has 0 bridgehead atoms. The molecule has 0 aliphatic heterocycles. The summed E-state index contributed by atoms with van der Waals surface area (Å²) in [6, 6.07) is 7.72. The number of pyridine rings is 1. The van der Waals surface area contributed by atoms with E-state index in [0.29, 0.717) is 24.1 Å². The number of nitrogens with one attached hydrogen (secondary N) is 1. The van der Waals surface area contributed by atoms with Crippen LogP contribution in [-0.2, 0) is 11.4 Å². The maximum absolute atomic E-state index is 12.6. The van der Waals surface area contributed by atoms with Gasteiger partial charge in [0.1, 0.15) is 23.8 Å². The van der Waals surface area contributed by atoms with Crippen molar-refractivity contribution in [1.29, 1.82) is 0 Å². The second kappa shape index (κ2) is 7.91. The molecule has 1 amide bonds. The van der Waals surface area contributed by atoms with Gasteiger partial charge < -0.3 is 14.5 Å². The number of imidazole rings is 1. The van der Waals surface area contributed by atoms with E-state index in [-0.39, 0.29) is 17.7 Å². The van der Waals surface area contributed by atoms with E-state index in [2.05, 4.69) is 42.7 Å². The number of fused-ring (bicyclic) bond motifs is 1. The van der Waals surface area contributed by atoms with E-state index in [1.807, 2.05) is 29.7 Å². The number of ether oxygens (including phenoxy) is 1. The lowest BCUT2D eigenvalue weighted by Gasteiger charge is -2.07. The van der Waals surface area contributed by atoms with Gasteiger partial charge in [-0.1, -0.05) is 6.07 Å². The largest absolute Gasteiger partial charge is 0.485 e. The minimum atomic E-state index is -0.156. The second-order valence-corrected chi connectivity index (χ2v) is 8.79. The number of anilines is 1. The van der Waals surface area contributed by atoms with Crippen molar-refractivity contribution in [2.45, 2.75) is 44.6 Å². The normalized spacial score (nSPS) is 19.4. The smallest absolute Gasteiger partial charge is 0.229 e. The van der Waals surface area contributed by atoms with Crippen molar-refractivity contribution in [3.05, 3.63) is 71.8 Å². The molecule has 33 heavy (non-hydrogen) atoms. The van der Waals surface area contributed by atoms with E-state index in [1.165, 1.54) is 24.6 Å². The van der Waals surface area contributed by atoms with Crippen molar-refractivity contribution in [2.24, 2.45) is 5.92 Å². The molecule has 2 aliphatic rings. The van der Waals surface area contributed by atoms with Crippen molar-refractivity contribution in [3.8, 4) is 5.75 Å². The van der Waals surface area contributed by atoms with Gasteiger partial charge in [0, 0.05) is 42.2 Å². The summed E-state index contributed by atoms with van der Waals surface area (Å²) in [6.07, 6.45) is 10.7. The summed E-state index contributed by atoms with van der Waals surface area (Å²) in [5.41, 5.74) is 3.98. The van der Waals surface area contributed by atoms with E-state index < -0.39 is 0 Å². The maximum Gasteiger partial charge on any atom is 0.229 e. The summed E-state index contributed by atoms with van der Waals surface area (Å²) < 4.78 is 7.91. The average molecular weight is 441 g/mol. The lowest BCUT2D eigenvalue weighted by atomic mass is 10.2. The SMILES string of the molecule is Cc1ccnc(C2C[C@@H]2C(=O)Nc2cc(OCc3cn4cc(C5CC5)ccc4n3)cnn2)n1. The van der Waals surface area contributed by atoms with Crippen molar-refractivity contribution < 1.29 is 9.53 Å². The quantitative estimate of drug-likeness (QED) is 0.468. The third kappa shape index (κ3) is 4.26. The van der Waals surface area contributed by atoms with Crippen LogP contribution >= 0.6 is 0 Å². The highest BCUT2D eigenvalue weighted by Crippen LogP contribution is 2.46. The van der Waals surface area contributed by atoms with Crippen LogP contribution in [0.1, 0.15) is 53.9 Å². The van der Waals surface area contributed by atoms with E-state index in [4.69, 9.17) is 4.74 Å². The fourth-order valence-corrected chi connectivity index (χ4v) is 4.07. The molecule has 2 atom stereocenters. The topological polar surface area (TPSA) is 107 Å². The molecule has 0 aromatic carbocycles. The molecule has 0 spiro atoms. The van der Waals surface area contributed by atoms with Crippen molar-refractivity contribution in [2.75, 3.05) is 5.32 Å². The van der Waals surface area contributed by atoms with Crippen LogP contribution < -0.4 is 10.1 Å². The fourth-order valence-electron chi connectivity index (χ4n) is 4.07. The summed E-state index contributed by atoms with van der Waals surface area (Å²) in [6.45, 7) is 2.22. The van der Waals surface area contributed by atoms with Crippen LogP contribution in [0.2, 0.25) is 0 Å². The Balaban J connectivity index is 1.08. The van der Waals surface area contributed by atoms with E-state index >= 15 is 0 Å². The third-order valence-electron chi connectivity index (χ3n) is 6.11. The van der Waals surface area contributed by atoms with Crippen LogP contribution in [0, 0.1) is 12.8 Å². The minimum absolute atomic E-state index is 0.0489. The van der Waals surface area contributed by atoms with Gasteiger partial charge in [-0.2, -0.15) is 5.10 Å². The molecule has 4 aromatic heterocycles. The van der Waals surface area contributed by atoms with Gasteiger partial charge in [0.25, 0.3) is 0 Å². The first kappa shape index (κ1) is 19.8. The molecule has 6 rings (SSSR count). The summed E-state index contributed by atoms with van der Waals surface area (Å²) >= 11 is 0. The Morgan fingerprint density at radius 3 is 2.97 bits per heavy atom. The molecule has 2 fully saturated rings. The van der Waals surface area contributed by atoms with Crippen LogP contribution in [0.25, 0.3) is 5.65 Å². The Morgan fingerprint density at radius 1 is 1.21 bits per heavy atom. The number of aromatic nitrogens is 6. The third-order valence-corrected chi connectivity index (χ3v) is 6.11. The van der Waals surface area contributed by atoms with Crippen LogP contribution in [-0.4, -0.2) is 35.5 Å². The molecule has 9 nitrogen and oxygen atoms in total. The molecule has 2 aliphatic carbocycles. The highest BCUT2D eigenvalue weighted by Gasteiger charge is 2.46. The fraction of sp³-hybridized carbons (Fsp3) is 0.333. The van der Waals surface area contributed by atoms with Crippen molar-refractivity contribution in [3.63, 3.8) is 0 Å². The number of carbonyl (C=O) groups is 1. The predicted molar refractivity (Wildman–Crippen MR) is 120 cm³/mol. The first-order valence-corrected chi connectivity index (χ1v) is 11.2. The summed E-state index contributed by atoms with van der Waals surface area (Å²) in [7, 11) is 0. The van der Waals surface area contributed by atoms with Gasteiger partial charge in [0.2, 0.25) is 5.91 Å². The summed E-state index contributed by atoms with van der Waals surface area (Å²) in [5.74, 6) is 2.08. The Kier molecular flexibility index (Phi) is 4.74.